The van der Waals surface area contributed by atoms with Gasteiger partial charge in [0.2, 0.25) is 5.91 Å². The third-order valence-electron chi connectivity index (χ3n) is 1.82. The number of hydrogen-bond donors (Lipinski definition) is 3. The third kappa shape index (κ3) is 4.81. The van der Waals surface area contributed by atoms with E-state index in [9.17, 15) is 9.59 Å². The van der Waals surface area contributed by atoms with Crippen LogP contribution in [0.5, 0.6) is 0 Å². The van der Waals surface area contributed by atoms with Crippen LogP contribution in [0.3, 0.4) is 0 Å². The van der Waals surface area contributed by atoms with Gasteiger partial charge in [-0.3, -0.25) is 4.79 Å². The Hall–Kier alpha value is -1.10. The molecule has 0 aliphatic heterocycles. The van der Waals surface area contributed by atoms with Crippen molar-refractivity contribution in [3.8, 4) is 0 Å². The van der Waals surface area contributed by atoms with Gasteiger partial charge in [0.15, 0.2) is 6.04 Å². The lowest BCUT2D eigenvalue weighted by Crippen LogP contribution is -2.47. The molecule has 0 bridgehead atoms. The lowest BCUT2D eigenvalue weighted by atomic mass is 10.1. The fourth-order valence-electron chi connectivity index (χ4n) is 0.972. The molecule has 1 amide bonds. The van der Waals surface area contributed by atoms with Crippen LogP contribution in [-0.2, 0) is 9.59 Å². The Morgan fingerprint density at radius 2 is 2.00 bits per heavy atom. The van der Waals surface area contributed by atoms with Crippen LogP contribution in [0.1, 0.15) is 33.1 Å². The lowest BCUT2D eigenvalue weighted by Gasteiger charge is -2.16. The van der Waals surface area contributed by atoms with Crippen LogP contribution in [0, 0.1) is 0 Å². The lowest BCUT2D eigenvalue weighted by molar-refractivity contribution is -0.144. The summed E-state index contributed by atoms with van der Waals surface area (Å²) in [6, 6.07) is -1.21. The van der Waals surface area contributed by atoms with Crippen molar-refractivity contribution in [3.63, 3.8) is 0 Å². The number of carbonyl (C=O) groups excluding carboxylic acids is 1. The number of carbonyl (C=O) groups is 2. The summed E-state index contributed by atoms with van der Waals surface area (Å²) in [6.07, 6.45) is 0.809. The van der Waals surface area contributed by atoms with E-state index < -0.39 is 18.1 Å². The number of carboxylic acids is 1. The minimum absolute atomic E-state index is 0.299. The van der Waals surface area contributed by atoms with E-state index in [2.05, 4.69) is 5.32 Å². The Kier molecular flexibility index (Phi) is 5.87. The number of aliphatic carboxylic acids is 1. The summed E-state index contributed by atoms with van der Waals surface area (Å²) < 4.78 is 0. The van der Waals surface area contributed by atoms with Crippen LogP contribution >= 0.6 is 0 Å². The number of nitrogens with one attached hydrogen (secondary N) is 1. The van der Waals surface area contributed by atoms with E-state index in [-0.39, 0.29) is 5.91 Å². The Morgan fingerprint density at radius 1 is 1.43 bits per heavy atom. The van der Waals surface area contributed by atoms with E-state index in [0.29, 0.717) is 6.42 Å². The minimum Gasteiger partial charge on any atom is -0.480 e. The van der Waals surface area contributed by atoms with Gasteiger partial charge in [-0.15, -0.1) is 0 Å². The molecule has 5 heteroatoms. The number of rotatable bonds is 6. The molecule has 0 saturated heterocycles. The van der Waals surface area contributed by atoms with Crippen LogP contribution in [-0.4, -0.2) is 34.2 Å². The molecular formula is C9H17NO4. The Balaban J connectivity index is 4.04. The molecule has 0 fully saturated rings. The Bertz CT molecular complexity index is 203. The molecule has 14 heavy (non-hydrogen) atoms. The van der Waals surface area contributed by atoms with Crippen LogP contribution < -0.4 is 5.32 Å². The van der Waals surface area contributed by atoms with Crippen molar-refractivity contribution in [2.75, 3.05) is 0 Å². The van der Waals surface area contributed by atoms with E-state index >= 15 is 0 Å². The first-order chi connectivity index (χ1) is 6.49. The predicted molar refractivity (Wildman–Crippen MR) is 50.8 cm³/mol. The molecule has 0 aliphatic rings. The molecule has 2 atom stereocenters. The Morgan fingerprint density at radius 3 is 2.36 bits per heavy atom. The second kappa shape index (κ2) is 6.37. The molecule has 0 aromatic rings. The van der Waals surface area contributed by atoms with Crippen LogP contribution in [0.4, 0.5) is 0 Å². The quantitative estimate of drug-likeness (QED) is 0.572. The summed E-state index contributed by atoms with van der Waals surface area (Å²) in [4.78, 5) is 21.7. The highest BCUT2D eigenvalue weighted by Crippen LogP contribution is 1.97. The highest BCUT2D eigenvalue weighted by atomic mass is 16.4. The van der Waals surface area contributed by atoms with Gasteiger partial charge >= 0.3 is 5.97 Å². The molecule has 0 heterocycles. The highest BCUT2D eigenvalue weighted by Gasteiger charge is 2.24. The zero-order valence-corrected chi connectivity index (χ0v) is 8.49. The smallest absolute Gasteiger partial charge is 0.328 e. The SMILES string of the molecule is CCCCC(=O)NC(C(=O)O)C(C)O. The predicted octanol–water partition coefficient (Wildman–Crippen LogP) is 0.127. The maximum absolute atomic E-state index is 11.1. The third-order valence-corrected chi connectivity index (χ3v) is 1.82. The second-order valence-electron chi connectivity index (χ2n) is 3.23. The summed E-state index contributed by atoms with van der Waals surface area (Å²) in [5, 5.41) is 20.0. The molecule has 5 nitrogen and oxygen atoms in total. The van der Waals surface area contributed by atoms with Crippen molar-refractivity contribution in [3.05, 3.63) is 0 Å². The summed E-state index contributed by atoms with van der Waals surface area (Å²) in [5.41, 5.74) is 0. The van der Waals surface area contributed by atoms with Gasteiger partial charge in [0.25, 0.3) is 0 Å². The maximum atomic E-state index is 11.1. The fraction of sp³-hybridized carbons (Fsp3) is 0.778. The van der Waals surface area contributed by atoms with Crippen molar-refractivity contribution in [2.45, 2.75) is 45.3 Å². The van der Waals surface area contributed by atoms with Crippen molar-refractivity contribution in [1.29, 1.82) is 0 Å². The highest BCUT2D eigenvalue weighted by molar-refractivity contribution is 5.83. The van der Waals surface area contributed by atoms with Crippen LogP contribution in [0.15, 0.2) is 0 Å². The Labute approximate surface area is 83.1 Å². The van der Waals surface area contributed by atoms with Gasteiger partial charge in [-0.05, 0) is 13.3 Å². The monoisotopic (exact) mass is 203 g/mol. The number of aliphatic hydroxyl groups excluding tert-OH is 1. The maximum Gasteiger partial charge on any atom is 0.328 e. The van der Waals surface area contributed by atoms with Crippen LogP contribution in [0.25, 0.3) is 0 Å². The summed E-state index contributed by atoms with van der Waals surface area (Å²) in [6.45, 7) is 3.27. The van der Waals surface area contributed by atoms with Gasteiger partial charge in [0, 0.05) is 6.42 Å². The zero-order chi connectivity index (χ0) is 11.1. The molecule has 82 valence electrons. The van der Waals surface area contributed by atoms with E-state index in [1.54, 1.807) is 0 Å². The van der Waals surface area contributed by atoms with Gasteiger partial charge in [0.1, 0.15) is 0 Å². The first-order valence-corrected chi connectivity index (χ1v) is 4.69. The molecule has 0 aromatic carbocycles. The van der Waals surface area contributed by atoms with E-state index in [1.165, 1.54) is 6.92 Å². The topological polar surface area (TPSA) is 86.6 Å². The first-order valence-electron chi connectivity index (χ1n) is 4.69. The van der Waals surface area contributed by atoms with E-state index in [1.807, 2.05) is 6.92 Å². The van der Waals surface area contributed by atoms with Gasteiger partial charge in [0.05, 0.1) is 6.10 Å². The average Bonchev–Trinajstić information content (AvgIpc) is 2.09. The molecule has 0 spiro atoms. The number of carboxylic acid groups (broad SMARTS) is 1. The van der Waals surface area contributed by atoms with Gasteiger partial charge < -0.3 is 15.5 Å². The van der Waals surface area contributed by atoms with Crippen LogP contribution in [0.2, 0.25) is 0 Å². The number of unbranched alkanes of at least 4 members (excludes halogenated alkanes) is 1. The average molecular weight is 203 g/mol. The van der Waals surface area contributed by atoms with Crippen molar-refractivity contribution in [1.82, 2.24) is 5.32 Å². The zero-order valence-electron chi connectivity index (χ0n) is 8.49. The van der Waals surface area contributed by atoms with Crippen molar-refractivity contribution < 1.29 is 19.8 Å². The largest absolute Gasteiger partial charge is 0.480 e. The minimum atomic E-state index is -1.22. The normalized spacial score (nSPS) is 14.5. The van der Waals surface area contributed by atoms with Gasteiger partial charge in [-0.1, -0.05) is 13.3 Å². The number of hydrogen-bond acceptors (Lipinski definition) is 3. The first kappa shape index (κ1) is 12.9. The molecule has 0 saturated carbocycles. The van der Waals surface area contributed by atoms with Crippen molar-refractivity contribution in [2.24, 2.45) is 0 Å². The molecular weight excluding hydrogens is 186 g/mol. The fourth-order valence-corrected chi connectivity index (χ4v) is 0.972. The molecule has 0 rings (SSSR count). The number of amides is 1. The molecule has 3 N–H and O–H groups in total. The van der Waals surface area contributed by atoms with Gasteiger partial charge in [-0.2, -0.15) is 0 Å². The van der Waals surface area contributed by atoms with Crippen molar-refractivity contribution >= 4 is 11.9 Å². The summed E-state index contributed by atoms with van der Waals surface area (Å²) in [5.74, 6) is -1.55. The summed E-state index contributed by atoms with van der Waals surface area (Å²) in [7, 11) is 0. The second-order valence-corrected chi connectivity index (χ2v) is 3.23. The van der Waals surface area contributed by atoms with E-state index in [0.717, 1.165) is 12.8 Å². The number of aliphatic hydroxyl groups is 1. The van der Waals surface area contributed by atoms with Gasteiger partial charge in [-0.25, -0.2) is 4.79 Å². The molecule has 2 unspecified atom stereocenters. The molecule has 0 aromatic heterocycles. The standard InChI is InChI=1S/C9H17NO4/c1-3-4-5-7(12)10-8(6(2)11)9(13)14/h6,8,11H,3-5H2,1-2H3,(H,10,12)(H,13,14). The van der Waals surface area contributed by atoms with E-state index in [4.69, 9.17) is 10.2 Å². The summed E-state index contributed by atoms with van der Waals surface area (Å²) >= 11 is 0. The molecule has 0 aliphatic carbocycles. The molecule has 0 radical (unpaired) electrons.